The Kier molecular flexibility index (Phi) is 4.92. The Labute approximate surface area is 67.2 Å². The zero-order chi connectivity index (χ0) is 11.3. The van der Waals surface area contributed by atoms with E-state index < -0.39 is 18.3 Å². The summed E-state index contributed by atoms with van der Waals surface area (Å²) in [6, 6.07) is 0.104. The summed E-state index contributed by atoms with van der Waals surface area (Å²) < 4.78 is 63.0. The third kappa shape index (κ3) is 13.5. The molecule has 0 saturated carbocycles. The van der Waals surface area contributed by atoms with Crippen molar-refractivity contribution in [3.63, 3.8) is 0 Å². The van der Waals surface area contributed by atoms with Crippen molar-refractivity contribution in [3.8, 4) is 6.07 Å². The quantitative estimate of drug-likeness (QED) is 0.617. The van der Waals surface area contributed by atoms with Crippen LogP contribution in [0, 0.1) is 11.3 Å². The Morgan fingerprint density at radius 1 is 1.15 bits per heavy atom. The molecule has 1 N–H and O–H groups in total. The molecular formula is C4HF6NO2. The molecule has 0 aliphatic heterocycles. The molecule has 0 atom stereocenters. The maximum Gasteiger partial charge on any atom is 0.490 e. The molecule has 0 saturated heterocycles. The molecule has 9 heteroatoms. The summed E-state index contributed by atoms with van der Waals surface area (Å²) in [4.78, 5) is 8.90. The predicted octanol–water partition coefficient (Wildman–Crippen LogP) is 1.71. The molecule has 0 aromatic carbocycles. The van der Waals surface area contributed by atoms with Crippen LogP contribution < -0.4 is 0 Å². The molecule has 76 valence electrons. The number of carboxylic acids is 1. The second kappa shape index (κ2) is 4.54. The molecular weight excluding hydrogens is 208 g/mol. The van der Waals surface area contributed by atoms with Crippen molar-refractivity contribution in [1.82, 2.24) is 0 Å². The molecule has 0 radical (unpaired) electrons. The predicted molar refractivity (Wildman–Crippen MR) is 25.4 cm³/mol. The minimum absolute atomic E-state index is 0.104. The number of aliphatic carboxylic acids is 1. The van der Waals surface area contributed by atoms with Gasteiger partial charge in [0.05, 0.1) is 0 Å². The van der Waals surface area contributed by atoms with E-state index in [1.54, 1.807) is 0 Å². The fourth-order valence-electron chi connectivity index (χ4n) is 0. The van der Waals surface area contributed by atoms with Gasteiger partial charge in [-0.25, -0.2) is 4.79 Å². The zero-order valence-electron chi connectivity index (χ0n) is 5.57. The van der Waals surface area contributed by atoms with Crippen molar-refractivity contribution >= 4 is 5.97 Å². The molecule has 0 aliphatic carbocycles. The summed E-state index contributed by atoms with van der Waals surface area (Å²) in [7, 11) is 0. The van der Waals surface area contributed by atoms with Gasteiger partial charge in [0.25, 0.3) is 0 Å². The molecule has 0 unspecified atom stereocenters. The Morgan fingerprint density at radius 3 is 1.31 bits per heavy atom. The summed E-state index contributed by atoms with van der Waals surface area (Å²) in [6.45, 7) is 0. The van der Waals surface area contributed by atoms with Crippen LogP contribution in [0.25, 0.3) is 0 Å². The first-order valence-corrected chi connectivity index (χ1v) is 2.29. The minimum Gasteiger partial charge on any atom is -0.475 e. The SMILES string of the molecule is N#CC(F)(F)F.O=C(O)C(F)(F)F. The number of nitriles is 1. The molecule has 0 spiro atoms. The number of nitrogens with zero attached hydrogens (tertiary/aromatic N) is 1. The summed E-state index contributed by atoms with van der Waals surface area (Å²) >= 11 is 0. The van der Waals surface area contributed by atoms with Crippen molar-refractivity contribution < 1.29 is 36.2 Å². The van der Waals surface area contributed by atoms with Gasteiger partial charge in [0.2, 0.25) is 0 Å². The maximum atomic E-state index is 10.6. The van der Waals surface area contributed by atoms with Gasteiger partial charge >= 0.3 is 18.3 Å². The number of alkyl halides is 6. The zero-order valence-corrected chi connectivity index (χ0v) is 5.57. The highest BCUT2D eigenvalue weighted by Gasteiger charge is 2.38. The number of rotatable bonds is 0. The van der Waals surface area contributed by atoms with Crippen LogP contribution >= 0.6 is 0 Å². The molecule has 0 fully saturated rings. The minimum atomic E-state index is -5.08. The topological polar surface area (TPSA) is 61.1 Å². The Hall–Kier alpha value is -1.46. The molecule has 0 aromatic heterocycles. The fraction of sp³-hybridized carbons (Fsp3) is 0.500. The van der Waals surface area contributed by atoms with E-state index >= 15 is 0 Å². The number of carboxylic acid groups (broad SMARTS) is 1. The summed E-state index contributed by atoms with van der Waals surface area (Å²) in [5.74, 6) is -2.76. The van der Waals surface area contributed by atoms with Gasteiger partial charge in [0, 0.05) is 0 Å². The van der Waals surface area contributed by atoms with Gasteiger partial charge in [-0.3, -0.25) is 0 Å². The van der Waals surface area contributed by atoms with Crippen LogP contribution in [0.2, 0.25) is 0 Å². The third-order valence-electron chi connectivity index (χ3n) is 0.369. The average molecular weight is 209 g/mol. The number of halogens is 6. The van der Waals surface area contributed by atoms with Crippen molar-refractivity contribution in [2.24, 2.45) is 0 Å². The van der Waals surface area contributed by atoms with Gasteiger partial charge < -0.3 is 5.11 Å². The Balaban J connectivity index is 0. The lowest BCUT2D eigenvalue weighted by atomic mass is 10.7. The normalized spacial score (nSPS) is 10.8. The summed E-state index contributed by atoms with van der Waals surface area (Å²) in [5.41, 5.74) is 0. The van der Waals surface area contributed by atoms with Gasteiger partial charge in [-0.05, 0) is 0 Å². The van der Waals surface area contributed by atoms with E-state index in [4.69, 9.17) is 15.2 Å². The van der Waals surface area contributed by atoms with E-state index in [2.05, 4.69) is 0 Å². The van der Waals surface area contributed by atoms with E-state index in [0.717, 1.165) is 0 Å². The molecule has 0 amide bonds. The van der Waals surface area contributed by atoms with Crippen molar-refractivity contribution in [3.05, 3.63) is 0 Å². The van der Waals surface area contributed by atoms with Crippen LogP contribution in [0.5, 0.6) is 0 Å². The first kappa shape index (κ1) is 14.1. The largest absolute Gasteiger partial charge is 0.490 e. The van der Waals surface area contributed by atoms with Crippen LogP contribution in [0.4, 0.5) is 26.3 Å². The van der Waals surface area contributed by atoms with Crippen LogP contribution in [-0.2, 0) is 4.79 Å². The van der Waals surface area contributed by atoms with Crippen molar-refractivity contribution in [2.45, 2.75) is 12.4 Å². The first-order chi connectivity index (χ1) is 5.50. The van der Waals surface area contributed by atoms with E-state index in [0.29, 0.717) is 0 Å². The summed E-state index contributed by atoms with van der Waals surface area (Å²) in [5, 5.41) is 14.2. The van der Waals surface area contributed by atoms with Gasteiger partial charge in [-0.1, -0.05) is 0 Å². The second-order valence-electron chi connectivity index (χ2n) is 1.41. The molecule has 0 bridgehead atoms. The number of hydrogen-bond donors (Lipinski definition) is 1. The lowest BCUT2D eigenvalue weighted by Gasteiger charge is -1.93. The smallest absolute Gasteiger partial charge is 0.475 e. The highest BCUT2D eigenvalue weighted by atomic mass is 19.4. The lowest BCUT2D eigenvalue weighted by molar-refractivity contribution is -0.192. The Morgan fingerprint density at radius 2 is 1.31 bits per heavy atom. The molecule has 13 heavy (non-hydrogen) atoms. The first-order valence-electron chi connectivity index (χ1n) is 2.29. The van der Waals surface area contributed by atoms with Gasteiger partial charge in [0.1, 0.15) is 0 Å². The van der Waals surface area contributed by atoms with Crippen molar-refractivity contribution in [1.29, 1.82) is 5.26 Å². The molecule has 0 aromatic rings. The molecule has 0 rings (SSSR count). The van der Waals surface area contributed by atoms with E-state index in [-0.39, 0.29) is 6.07 Å². The van der Waals surface area contributed by atoms with E-state index in [1.807, 2.05) is 0 Å². The van der Waals surface area contributed by atoms with Crippen LogP contribution in [-0.4, -0.2) is 23.4 Å². The van der Waals surface area contributed by atoms with Gasteiger partial charge in [-0.15, -0.1) is 0 Å². The third-order valence-corrected chi connectivity index (χ3v) is 0.369. The van der Waals surface area contributed by atoms with Crippen LogP contribution in [0.1, 0.15) is 0 Å². The standard InChI is InChI=1S/C2F3N.C2HF3O2/c3-2(4,5)1-6;3-2(4,5)1(6)7/h;(H,6,7). The van der Waals surface area contributed by atoms with Crippen molar-refractivity contribution in [2.75, 3.05) is 0 Å². The van der Waals surface area contributed by atoms with Gasteiger partial charge in [-0.2, -0.15) is 31.6 Å². The number of hydrogen-bond acceptors (Lipinski definition) is 2. The lowest BCUT2D eigenvalue weighted by Crippen LogP contribution is -2.21. The highest BCUT2D eigenvalue weighted by molar-refractivity contribution is 5.73. The average Bonchev–Trinajstić information content (AvgIpc) is 1.85. The molecule has 0 aliphatic rings. The Bertz CT molecular complexity index is 210. The van der Waals surface area contributed by atoms with Crippen LogP contribution in [0.15, 0.2) is 0 Å². The fourth-order valence-corrected chi connectivity index (χ4v) is 0. The second-order valence-corrected chi connectivity index (χ2v) is 1.41. The number of carbonyl (C=O) groups is 1. The maximum absolute atomic E-state index is 10.6. The van der Waals surface area contributed by atoms with E-state index in [1.165, 1.54) is 0 Å². The monoisotopic (exact) mass is 209 g/mol. The highest BCUT2D eigenvalue weighted by Crippen LogP contribution is 2.13. The molecule has 0 heterocycles. The van der Waals surface area contributed by atoms with Crippen LogP contribution in [0.3, 0.4) is 0 Å². The van der Waals surface area contributed by atoms with Gasteiger partial charge in [0.15, 0.2) is 6.07 Å². The molecule has 3 nitrogen and oxygen atoms in total. The summed E-state index contributed by atoms with van der Waals surface area (Å²) in [6.07, 6.45) is -9.74. The van der Waals surface area contributed by atoms with E-state index in [9.17, 15) is 26.3 Å².